The van der Waals surface area contributed by atoms with Crippen LogP contribution in [-0.4, -0.2) is 26.6 Å². The van der Waals surface area contributed by atoms with E-state index in [0.717, 1.165) is 28.2 Å². The van der Waals surface area contributed by atoms with Crippen LogP contribution >= 0.6 is 12.2 Å². The number of nitrogens with one attached hydrogen (secondary N) is 1. The van der Waals surface area contributed by atoms with Gasteiger partial charge >= 0.3 is 0 Å². The van der Waals surface area contributed by atoms with Crippen LogP contribution in [0.3, 0.4) is 0 Å². The van der Waals surface area contributed by atoms with Crippen molar-refractivity contribution in [2.45, 2.75) is 20.8 Å². The summed E-state index contributed by atoms with van der Waals surface area (Å²) in [4.78, 5) is 27.3. The summed E-state index contributed by atoms with van der Waals surface area (Å²) in [5.74, 6) is -0.794. The van der Waals surface area contributed by atoms with E-state index in [-0.39, 0.29) is 16.4 Å². The second kappa shape index (κ2) is 7.85. The quantitative estimate of drug-likeness (QED) is 0.374. The number of para-hydroxylation sites is 1. The number of hydrogen-bond donors (Lipinski definition) is 2. The van der Waals surface area contributed by atoms with Crippen molar-refractivity contribution in [3.8, 4) is 11.4 Å². The molecule has 4 rings (SSSR count). The number of anilines is 1. The van der Waals surface area contributed by atoms with Gasteiger partial charge in [-0.25, -0.2) is 0 Å². The molecule has 156 valence electrons. The standard InChI is InChI=1S/C24H21N3O3S/c1-14-6-4-5-7-21(14)27-23(30)20(22(29)25-24(27)31)13-17-12-15(2)26(16(17)3)18-8-10-19(28)11-9-18/h4-13,28H,1-3H3,(H,25,29,31). The molecule has 2 heterocycles. The number of benzene rings is 2. The minimum Gasteiger partial charge on any atom is -0.508 e. The molecule has 0 radical (unpaired) electrons. The van der Waals surface area contributed by atoms with E-state index in [4.69, 9.17) is 12.2 Å². The van der Waals surface area contributed by atoms with Crippen LogP contribution in [0.15, 0.2) is 60.2 Å². The Morgan fingerprint density at radius 1 is 1.00 bits per heavy atom. The van der Waals surface area contributed by atoms with E-state index in [1.165, 1.54) is 4.90 Å². The lowest BCUT2D eigenvalue weighted by molar-refractivity contribution is -0.122. The molecule has 2 amide bonds. The monoisotopic (exact) mass is 431 g/mol. The molecule has 0 saturated carbocycles. The smallest absolute Gasteiger partial charge is 0.270 e. The minimum atomic E-state index is -0.519. The van der Waals surface area contributed by atoms with E-state index in [9.17, 15) is 14.7 Å². The van der Waals surface area contributed by atoms with Crippen LogP contribution in [0.25, 0.3) is 11.8 Å². The molecular formula is C24H21N3O3S. The Kier molecular flexibility index (Phi) is 5.20. The fourth-order valence-electron chi connectivity index (χ4n) is 3.78. The fraction of sp³-hybridized carbons (Fsp3) is 0.125. The summed E-state index contributed by atoms with van der Waals surface area (Å²) >= 11 is 5.29. The third kappa shape index (κ3) is 3.64. The van der Waals surface area contributed by atoms with Gasteiger partial charge in [0.15, 0.2) is 5.11 Å². The maximum Gasteiger partial charge on any atom is 0.270 e. The lowest BCUT2D eigenvalue weighted by Crippen LogP contribution is -2.54. The van der Waals surface area contributed by atoms with Gasteiger partial charge in [-0.05, 0) is 86.6 Å². The lowest BCUT2D eigenvalue weighted by atomic mass is 10.1. The largest absolute Gasteiger partial charge is 0.508 e. The van der Waals surface area contributed by atoms with Crippen LogP contribution in [0.1, 0.15) is 22.5 Å². The summed E-state index contributed by atoms with van der Waals surface area (Å²) in [5.41, 5.74) is 4.96. The van der Waals surface area contributed by atoms with Crippen molar-refractivity contribution in [3.05, 3.63) is 82.7 Å². The van der Waals surface area contributed by atoms with Crippen LogP contribution in [0.5, 0.6) is 5.75 Å². The molecule has 1 saturated heterocycles. The highest BCUT2D eigenvalue weighted by molar-refractivity contribution is 7.80. The number of amides is 2. The number of phenolic OH excluding ortho intramolecular Hbond substituents is 1. The number of phenols is 1. The minimum absolute atomic E-state index is 0.0165. The Morgan fingerprint density at radius 2 is 1.68 bits per heavy atom. The van der Waals surface area contributed by atoms with Gasteiger partial charge in [0, 0.05) is 17.1 Å². The molecule has 1 aliphatic heterocycles. The number of aromatic nitrogens is 1. The van der Waals surface area contributed by atoms with Gasteiger partial charge in [-0.1, -0.05) is 18.2 Å². The van der Waals surface area contributed by atoms with E-state index < -0.39 is 11.8 Å². The molecule has 7 heteroatoms. The van der Waals surface area contributed by atoms with Gasteiger partial charge in [0.1, 0.15) is 11.3 Å². The fourth-order valence-corrected chi connectivity index (χ4v) is 4.05. The van der Waals surface area contributed by atoms with Gasteiger partial charge in [-0.3, -0.25) is 19.8 Å². The van der Waals surface area contributed by atoms with E-state index in [2.05, 4.69) is 5.32 Å². The first-order chi connectivity index (χ1) is 14.8. The summed E-state index contributed by atoms with van der Waals surface area (Å²) in [5, 5.41) is 12.3. The number of carbonyl (C=O) groups is 2. The average Bonchev–Trinajstić information content (AvgIpc) is 3.00. The Labute approximate surface area is 185 Å². The third-order valence-electron chi connectivity index (χ3n) is 5.34. The van der Waals surface area contributed by atoms with Crippen LogP contribution < -0.4 is 10.2 Å². The molecule has 1 aromatic heterocycles. The molecule has 0 bridgehead atoms. The first-order valence-electron chi connectivity index (χ1n) is 9.73. The van der Waals surface area contributed by atoms with Gasteiger partial charge in [0.2, 0.25) is 0 Å². The third-order valence-corrected chi connectivity index (χ3v) is 5.62. The number of rotatable bonds is 3. The second-order valence-corrected chi connectivity index (χ2v) is 7.81. The molecule has 1 aliphatic rings. The SMILES string of the molecule is Cc1ccccc1N1C(=O)C(=Cc2cc(C)n(-c3ccc(O)cc3)c2C)C(=O)NC1=S. The Morgan fingerprint density at radius 3 is 2.35 bits per heavy atom. The van der Waals surface area contributed by atoms with Crippen molar-refractivity contribution >= 4 is 40.9 Å². The molecule has 2 N–H and O–H groups in total. The van der Waals surface area contributed by atoms with Gasteiger partial charge in [-0.15, -0.1) is 0 Å². The summed E-state index contributed by atoms with van der Waals surface area (Å²) < 4.78 is 2.00. The Bertz CT molecular complexity index is 1260. The van der Waals surface area contributed by atoms with Crippen molar-refractivity contribution in [2.24, 2.45) is 0 Å². The van der Waals surface area contributed by atoms with Crippen LogP contribution in [-0.2, 0) is 9.59 Å². The highest BCUT2D eigenvalue weighted by Gasteiger charge is 2.35. The van der Waals surface area contributed by atoms with E-state index >= 15 is 0 Å². The van der Waals surface area contributed by atoms with Crippen LogP contribution in [0.4, 0.5) is 5.69 Å². The molecule has 1 fully saturated rings. The normalized spacial score (nSPS) is 15.5. The second-order valence-electron chi connectivity index (χ2n) is 7.42. The van der Waals surface area contributed by atoms with Crippen LogP contribution in [0, 0.1) is 20.8 Å². The molecular weight excluding hydrogens is 410 g/mol. The first kappa shape index (κ1) is 20.6. The molecule has 0 unspecified atom stereocenters. The van der Waals surface area contributed by atoms with E-state index in [1.807, 2.05) is 61.7 Å². The van der Waals surface area contributed by atoms with Gasteiger partial charge in [0.25, 0.3) is 11.8 Å². The highest BCUT2D eigenvalue weighted by Crippen LogP contribution is 2.28. The van der Waals surface area contributed by atoms with Crippen molar-refractivity contribution in [2.75, 3.05) is 4.90 Å². The number of aromatic hydroxyl groups is 1. The number of carbonyl (C=O) groups excluding carboxylic acids is 2. The zero-order valence-corrected chi connectivity index (χ0v) is 18.2. The summed E-state index contributed by atoms with van der Waals surface area (Å²) in [7, 11) is 0. The lowest BCUT2D eigenvalue weighted by Gasteiger charge is -2.30. The summed E-state index contributed by atoms with van der Waals surface area (Å²) in [6, 6.07) is 16.2. The van der Waals surface area contributed by atoms with Gasteiger partial charge < -0.3 is 9.67 Å². The molecule has 0 aliphatic carbocycles. The zero-order valence-electron chi connectivity index (χ0n) is 17.3. The maximum absolute atomic E-state index is 13.3. The molecule has 3 aromatic rings. The topological polar surface area (TPSA) is 74.6 Å². The number of aryl methyl sites for hydroxylation is 2. The molecule has 2 aromatic carbocycles. The predicted molar refractivity (Wildman–Crippen MR) is 124 cm³/mol. The van der Waals surface area contributed by atoms with E-state index in [1.54, 1.807) is 24.3 Å². The zero-order chi connectivity index (χ0) is 22.3. The first-order valence-corrected chi connectivity index (χ1v) is 10.1. The van der Waals surface area contributed by atoms with Gasteiger partial charge in [-0.2, -0.15) is 0 Å². The number of hydrogen-bond acceptors (Lipinski definition) is 4. The molecule has 6 nitrogen and oxygen atoms in total. The predicted octanol–water partition coefficient (Wildman–Crippen LogP) is 3.94. The van der Waals surface area contributed by atoms with Crippen molar-refractivity contribution < 1.29 is 14.7 Å². The van der Waals surface area contributed by atoms with Crippen molar-refractivity contribution in [1.29, 1.82) is 0 Å². The highest BCUT2D eigenvalue weighted by atomic mass is 32.1. The Balaban J connectivity index is 1.77. The summed E-state index contributed by atoms with van der Waals surface area (Å²) in [6.07, 6.45) is 1.60. The van der Waals surface area contributed by atoms with E-state index in [0.29, 0.717) is 5.69 Å². The van der Waals surface area contributed by atoms with Gasteiger partial charge in [0.05, 0.1) is 5.69 Å². The molecule has 0 atom stereocenters. The van der Waals surface area contributed by atoms with Crippen molar-refractivity contribution in [1.82, 2.24) is 9.88 Å². The average molecular weight is 432 g/mol. The Hall–Kier alpha value is -3.71. The summed E-state index contributed by atoms with van der Waals surface area (Å²) in [6.45, 7) is 5.75. The number of nitrogens with zero attached hydrogens (tertiary/aromatic N) is 2. The van der Waals surface area contributed by atoms with Crippen LogP contribution in [0.2, 0.25) is 0 Å². The molecule has 31 heavy (non-hydrogen) atoms. The molecule has 0 spiro atoms. The maximum atomic E-state index is 13.3. The number of thiocarbonyl (C=S) groups is 1. The van der Waals surface area contributed by atoms with Crippen molar-refractivity contribution in [3.63, 3.8) is 0 Å².